The van der Waals surface area contributed by atoms with Crippen LogP contribution in [0.3, 0.4) is 0 Å². The minimum atomic E-state index is 0.430. The van der Waals surface area contributed by atoms with Gasteiger partial charge in [0.2, 0.25) is 0 Å². The first-order chi connectivity index (χ1) is 8.72. The van der Waals surface area contributed by atoms with Crippen LogP contribution in [0.15, 0.2) is 6.07 Å². The van der Waals surface area contributed by atoms with E-state index in [1.54, 1.807) is 0 Å². The molecule has 1 aliphatic heterocycles. The maximum absolute atomic E-state index is 5.83. The molecule has 18 heavy (non-hydrogen) atoms. The third-order valence-electron chi connectivity index (χ3n) is 3.40. The smallest absolute Gasteiger partial charge is 0.158 e. The van der Waals surface area contributed by atoms with Crippen LogP contribution in [0.1, 0.15) is 32.5 Å². The van der Waals surface area contributed by atoms with Gasteiger partial charge in [0.15, 0.2) is 5.82 Å². The summed E-state index contributed by atoms with van der Waals surface area (Å²) in [7, 11) is 0. The van der Waals surface area contributed by atoms with Gasteiger partial charge in [-0.3, -0.25) is 0 Å². The van der Waals surface area contributed by atoms with E-state index >= 15 is 0 Å². The largest absolute Gasteiger partial charge is 0.384 e. The van der Waals surface area contributed by atoms with Crippen LogP contribution >= 0.6 is 0 Å². The molecule has 1 aliphatic rings. The van der Waals surface area contributed by atoms with Crippen molar-refractivity contribution >= 4 is 11.6 Å². The quantitative estimate of drug-likeness (QED) is 0.863. The Morgan fingerprint density at radius 2 is 2.28 bits per heavy atom. The molecule has 0 spiro atoms. The van der Waals surface area contributed by atoms with Crippen LogP contribution in [0, 0.1) is 5.92 Å². The lowest BCUT2D eigenvalue weighted by Gasteiger charge is -2.18. The second-order valence-electron chi connectivity index (χ2n) is 4.71. The topological polar surface area (TPSA) is 64.3 Å². The first-order valence-corrected chi connectivity index (χ1v) is 6.69. The van der Waals surface area contributed by atoms with Crippen molar-refractivity contribution in [3.8, 4) is 0 Å². The van der Waals surface area contributed by atoms with Gasteiger partial charge in [0.05, 0.1) is 0 Å². The van der Waals surface area contributed by atoms with Crippen LogP contribution in [-0.4, -0.2) is 29.7 Å². The van der Waals surface area contributed by atoms with Crippen molar-refractivity contribution in [3.63, 3.8) is 0 Å². The first kappa shape index (κ1) is 13.1. The summed E-state index contributed by atoms with van der Waals surface area (Å²) in [5, 5.41) is 0. The van der Waals surface area contributed by atoms with Crippen LogP contribution in [0.4, 0.5) is 11.6 Å². The Morgan fingerprint density at radius 3 is 2.94 bits per heavy atom. The summed E-state index contributed by atoms with van der Waals surface area (Å²) in [5.74, 6) is 2.91. The molecule has 1 aromatic heterocycles. The van der Waals surface area contributed by atoms with E-state index in [2.05, 4.69) is 21.8 Å². The molecular formula is C13H22N4O. The van der Waals surface area contributed by atoms with Crippen LogP contribution < -0.4 is 10.6 Å². The second-order valence-corrected chi connectivity index (χ2v) is 4.71. The molecule has 0 radical (unpaired) electrons. The monoisotopic (exact) mass is 250 g/mol. The Kier molecular flexibility index (Phi) is 4.36. The van der Waals surface area contributed by atoms with Crippen LogP contribution in [0.5, 0.6) is 0 Å². The van der Waals surface area contributed by atoms with Gasteiger partial charge in [0.25, 0.3) is 0 Å². The summed E-state index contributed by atoms with van der Waals surface area (Å²) >= 11 is 0. The van der Waals surface area contributed by atoms with Gasteiger partial charge < -0.3 is 15.4 Å². The molecule has 5 nitrogen and oxygen atoms in total. The summed E-state index contributed by atoms with van der Waals surface area (Å²) < 4.78 is 5.34. The average Bonchev–Trinajstić information content (AvgIpc) is 2.84. The number of hydrogen-bond donors (Lipinski definition) is 1. The molecule has 2 rings (SSSR count). The number of aromatic nitrogens is 2. The molecule has 2 N–H and O–H groups in total. The van der Waals surface area contributed by atoms with Crippen LogP contribution in [0.25, 0.3) is 0 Å². The Balaban J connectivity index is 2.10. The van der Waals surface area contributed by atoms with E-state index in [0.29, 0.717) is 24.9 Å². The van der Waals surface area contributed by atoms with Crippen LogP contribution in [0.2, 0.25) is 0 Å². The van der Waals surface area contributed by atoms with Crippen molar-refractivity contribution in [1.82, 2.24) is 9.97 Å². The molecule has 100 valence electrons. The van der Waals surface area contributed by atoms with E-state index in [1.165, 1.54) is 12.8 Å². The predicted octanol–water partition coefficient (Wildman–Crippen LogP) is 1.83. The molecule has 2 heterocycles. The third kappa shape index (κ3) is 3.10. The summed E-state index contributed by atoms with van der Waals surface area (Å²) in [6.45, 7) is 7.42. The van der Waals surface area contributed by atoms with Gasteiger partial charge in [-0.1, -0.05) is 13.3 Å². The molecule has 1 unspecified atom stereocenters. The van der Waals surface area contributed by atoms with Gasteiger partial charge in [0, 0.05) is 25.8 Å². The fourth-order valence-electron chi connectivity index (χ4n) is 2.30. The summed E-state index contributed by atoms with van der Waals surface area (Å²) in [4.78, 5) is 11.0. The molecular weight excluding hydrogens is 228 g/mol. The summed E-state index contributed by atoms with van der Waals surface area (Å²) in [5.41, 5.74) is 5.83. The van der Waals surface area contributed by atoms with Crippen molar-refractivity contribution in [3.05, 3.63) is 11.9 Å². The normalized spacial score (nSPS) is 19.4. The zero-order chi connectivity index (χ0) is 13.0. The summed E-state index contributed by atoms with van der Waals surface area (Å²) in [6.07, 6.45) is 2.46. The Hall–Kier alpha value is -1.36. The molecule has 0 amide bonds. The van der Waals surface area contributed by atoms with Gasteiger partial charge in [-0.05, 0) is 19.3 Å². The lowest BCUT2D eigenvalue weighted by Crippen LogP contribution is -2.22. The fourth-order valence-corrected chi connectivity index (χ4v) is 2.30. The average molecular weight is 250 g/mol. The second kappa shape index (κ2) is 6.00. The molecule has 0 saturated carbocycles. The van der Waals surface area contributed by atoms with E-state index in [9.17, 15) is 0 Å². The summed E-state index contributed by atoms with van der Waals surface area (Å²) in [6, 6.07) is 1.85. The highest BCUT2D eigenvalue weighted by Gasteiger charge is 2.22. The maximum Gasteiger partial charge on any atom is 0.158 e. The number of rotatable bonds is 5. The van der Waals surface area contributed by atoms with E-state index < -0.39 is 0 Å². The van der Waals surface area contributed by atoms with Crippen molar-refractivity contribution in [1.29, 1.82) is 0 Å². The third-order valence-corrected chi connectivity index (χ3v) is 3.40. The first-order valence-electron chi connectivity index (χ1n) is 6.69. The fraction of sp³-hybridized carbons (Fsp3) is 0.692. The van der Waals surface area contributed by atoms with E-state index in [0.717, 1.165) is 24.8 Å². The lowest BCUT2D eigenvalue weighted by atomic mass is 10.1. The number of anilines is 2. The molecule has 1 aromatic rings. The zero-order valence-corrected chi connectivity index (χ0v) is 11.2. The number of ether oxygens (including phenoxy) is 1. The minimum absolute atomic E-state index is 0.430. The lowest BCUT2D eigenvalue weighted by molar-refractivity contribution is 0.128. The number of nitrogens with two attached hydrogens (primary N) is 1. The van der Waals surface area contributed by atoms with E-state index in [-0.39, 0.29) is 0 Å². The predicted molar refractivity (Wildman–Crippen MR) is 72.4 cm³/mol. The molecule has 0 bridgehead atoms. The van der Waals surface area contributed by atoms with Gasteiger partial charge in [0.1, 0.15) is 18.2 Å². The van der Waals surface area contributed by atoms with Crippen molar-refractivity contribution in [2.24, 2.45) is 5.92 Å². The molecule has 1 fully saturated rings. The molecule has 5 heteroatoms. The molecule has 0 aromatic carbocycles. The van der Waals surface area contributed by atoms with Gasteiger partial charge in [-0.25, -0.2) is 9.97 Å². The van der Waals surface area contributed by atoms with Crippen molar-refractivity contribution < 1.29 is 4.74 Å². The van der Waals surface area contributed by atoms with Gasteiger partial charge >= 0.3 is 0 Å². The highest BCUT2D eigenvalue weighted by atomic mass is 16.5. The number of hydrogen-bond acceptors (Lipinski definition) is 5. The highest BCUT2D eigenvalue weighted by molar-refractivity contribution is 5.47. The standard InChI is InChI=1S/C13H22N4O/c1-3-10-5-6-17(8-10)13-7-11(14)15-12(16-13)9-18-4-2/h7,10H,3-6,8-9H2,1-2H3,(H2,14,15,16). The SMILES string of the molecule is CCOCc1nc(N)cc(N2CCC(CC)C2)n1. The molecule has 0 aliphatic carbocycles. The van der Waals surface area contributed by atoms with E-state index in [4.69, 9.17) is 10.5 Å². The van der Waals surface area contributed by atoms with Gasteiger partial charge in [-0.15, -0.1) is 0 Å². The van der Waals surface area contributed by atoms with Crippen molar-refractivity contribution in [2.45, 2.75) is 33.3 Å². The highest BCUT2D eigenvalue weighted by Crippen LogP contribution is 2.25. The Bertz CT molecular complexity index is 397. The van der Waals surface area contributed by atoms with E-state index in [1.807, 2.05) is 13.0 Å². The zero-order valence-electron chi connectivity index (χ0n) is 11.2. The maximum atomic E-state index is 5.83. The van der Waals surface area contributed by atoms with Crippen LogP contribution in [-0.2, 0) is 11.3 Å². The Morgan fingerprint density at radius 1 is 1.44 bits per heavy atom. The number of nitrogens with zero attached hydrogens (tertiary/aromatic N) is 3. The molecule has 1 saturated heterocycles. The molecule has 1 atom stereocenters. The Labute approximate surface area is 108 Å². The minimum Gasteiger partial charge on any atom is -0.384 e. The van der Waals surface area contributed by atoms with Crippen molar-refractivity contribution in [2.75, 3.05) is 30.3 Å². The number of nitrogen functional groups attached to an aromatic ring is 1. The van der Waals surface area contributed by atoms with Gasteiger partial charge in [-0.2, -0.15) is 0 Å².